The maximum atomic E-state index is 6.90. The van der Waals surface area contributed by atoms with Gasteiger partial charge in [0.1, 0.15) is 0 Å². The third kappa shape index (κ3) is 1.27. The van der Waals surface area contributed by atoms with Crippen LogP contribution in [0, 0.1) is 0 Å². The van der Waals surface area contributed by atoms with Crippen LogP contribution in [0.15, 0.2) is 35.2 Å². The van der Waals surface area contributed by atoms with Crippen LogP contribution in [0.2, 0.25) is 0 Å². The molecule has 0 aliphatic rings. The summed E-state index contributed by atoms with van der Waals surface area (Å²) in [5, 5.41) is 0. The van der Waals surface area contributed by atoms with E-state index >= 15 is 0 Å². The number of benzene rings is 1. The second-order valence-corrected chi connectivity index (χ2v) is 2.22. The van der Waals surface area contributed by atoms with Crippen LogP contribution >= 0.6 is 11.8 Å². The molecule has 0 radical (unpaired) electrons. The molecule has 0 heterocycles. The molecule has 0 unspecified atom stereocenters. The lowest BCUT2D eigenvalue weighted by Crippen LogP contribution is -1.62. The highest BCUT2D eigenvalue weighted by molar-refractivity contribution is 7.98. The fraction of sp³-hybridized carbons (Fsp3) is 0.143. The molecule has 8 heavy (non-hydrogen) atoms. The molecule has 0 aliphatic heterocycles. The summed E-state index contributed by atoms with van der Waals surface area (Å²) >= 11 is 1.54. The SMILES string of the molecule is [2H][13CH2]Sc1ccccc1. The molecule has 0 N–H and O–H groups in total. The van der Waals surface area contributed by atoms with Gasteiger partial charge in [-0.15, -0.1) is 11.8 Å². The van der Waals surface area contributed by atoms with Gasteiger partial charge in [-0.25, -0.2) is 0 Å². The molecule has 0 aliphatic carbocycles. The molecule has 0 bridgehead atoms. The minimum atomic E-state index is 0.407. The van der Waals surface area contributed by atoms with Crippen molar-refractivity contribution in [1.29, 1.82) is 0 Å². The van der Waals surface area contributed by atoms with E-state index in [0.29, 0.717) is 6.23 Å². The highest BCUT2D eigenvalue weighted by Crippen LogP contribution is 2.11. The van der Waals surface area contributed by atoms with Crippen molar-refractivity contribution in [3.63, 3.8) is 0 Å². The van der Waals surface area contributed by atoms with Crippen LogP contribution in [-0.4, -0.2) is 6.23 Å². The number of hydrogen-bond donors (Lipinski definition) is 0. The Morgan fingerprint density at radius 1 is 1.38 bits per heavy atom. The average Bonchev–Trinajstić information content (AvgIpc) is 1.91. The molecule has 1 aromatic rings. The van der Waals surface area contributed by atoms with E-state index in [1.807, 2.05) is 30.3 Å². The quantitative estimate of drug-likeness (QED) is 0.411. The first kappa shape index (κ1) is 4.45. The minimum Gasteiger partial charge on any atom is -0.130 e. The number of hydrogen-bond acceptors (Lipinski definition) is 1. The third-order valence-corrected chi connectivity index (χ3v) is 1.52. The molecule has 1 aromatic carbocycles. The van der Waals surface area contributed by atoms with Crippen LogP contribution in [0.1, 0.15) is 1.37 Å². The van der Waals surface area contributed by atoms with Crippen molar-refractivity contribution in [3.8, 4) is 0 Å². The first-order valence-electron chi connectivity index (χ1n) is 3.11. The van der Waals surface area contributed by atoms with Crippen molar-refractivity contribution in [2.75, 3.05) is 6.23 Å². The van der Waals surface area contributed by atoms with E-state index in [1.54, 1.807) is 11.8 Å². The van der Waals surface area contributed by atoms with E-state index in [2.05, 4.69) is 0 Å². The Morgan fingerprint density at radius 3 is 2.75 bits per heavy atom. The van der Waals surface area contributed by atoms with Gasteiger partial charge in [0.05, 0.1) is 0 Å². The third-order valence-electron chi connectivity index (χ3n) is 0.910. The first-order valence-corrected chi connectivity index (χ1v) is 3.39. The summed E-state index contributed by atoms with van der Waals surface area (Å²) in [5.41, 5.74) is 0. The molecule has 0 aromatic heterocycles. The summed E-state index contributed by atoms with van der Waals surface area (Å²) in [6, 6.07) is 9.97. The van der Waals surface area contributed by atoms with E-state index in [4.69, 9.17) is 1.37 Å². The molecule has 42 valence electrons. The zero-order valence-electron chi connectivity index (χ0n) is 5.50. The fourth-order valence-electron chi connectivity index (χ4n) is 0.517. The van der Waals surface area contributed by atoms with Crippen LogP contribution < -0.4 is 0 Å². The van der Waals surface area contributed by atoms with Gasteiger partial charge in [0, 0.05) is 6.27 Å². The molecular weight excluding hydrogens is 117 g/mol. The Labute approximate surface area is 55.3 Å². The van der Waals surface area contributed by atoms with Gasteiger partial charge < -0.3 is 0 Å². The van der Waals surface area contributed by atoms with Gasteiger partial charge in [-0.3, -0.25) is 0 Å². The van der Waals surface area contributed by atoms with Gasteiger partial charge >= 0.3 is 0 Å². The fourth-order valence-corrected chi connectivity index (χ4v) is 0.866. The first-order chi connectivity index (χ1) is 4.43. The minimum absolute atomic E-state index is 0.407. The summed E-state index contributed by atoms with van der Waals surface area (Å²) in [5.74, 6) is 0. The Morgan fingerprint density at radius 2 is 2.12 bits per heavy atom. The lowest BCUT2D eigenvalue weighted by atomic mass is 10.4. The van der Waals surface area contributed by atoms with E-state index in [-0.39, 0.29) is 0 Å². The van der Waals surface area contributed by atoms with Gasteiger partial charge in [-0.2, -0.15) is 0 Å². The second-order valence-electron chi connectivity index (χ2n) is 1.46. The number of rotatable bonds is 1. The van der Waals surface area contributed by atoms with Gasteiger partial charge in [0.15, 0.2) is 0 Å². The van der Waals surface area contributed by atoms with Crippen molar-refractivity contribution in [2.24, 2.45) is 0 Å². The van der Waals surface area contributed by atoms with Gasteiger partial charge in [0.25, 0.3) is 0 Å². The molecule has 0 spiro atoms. The van der Waals surface area contributed by atoms with Gasteiger partial charge in [-0.05, 0) is 18.4 Å². The van der Waals surface area contributed by atoms with Crippen molar-refractivity contribution >= 4 is 11.8 Å². The standard InChI is InChI=1S/C7H8S/c1-8-7-5-3-2-4-6-7/h2-6H,1H3/i1+1D. The molecule has 0 saturated heterocycles. The van der Waals surface area contributed by atoms with Crippen LogP contribution in [-0.2, 0) is 0 Å². The lowest BCUT2D eigenvalue weighted by molar-refractivity contribution is 1.47. The van der Waals surface area contributed by atoms with E-state index in [1.165, 1.54) is 4.90 Å². The topological polar surface area (TPSA) is 0 Å². The maximum Gasteiger partial charge on any atom is 0.0348 e. The highest BCUT2D eigenvalue weighted by atomic mass is 32.2. The zero-order chi connectivity index (χ0) is 6.53. The van der Waals surface area contributed by atoms with E-state index in [9.17, 15) is 0 Å². The monoisotopic (exact) mass is 126 g/mol. The van der Waals surface area contributed by atoms with Crippen LogP contribution in [0.25, 0.3) is 0 Å². The van der Waals surface area contributed by atoms with Gasteiger partial charge in [-0.1, -0.05) is 18.2 Å². The Bertz CT molecular complexity index is 162. The maximum absolute atomic E-state index is 6.90. The average molecular weight is 126 g/mol. The summed E-state index contributed by atoms with van der Waals surface area (Å²) < 4.78 is 6.90. The molecule has 0 amide bonds. The highest BCUT2D eigenvalue weighted by Gasteiger charge is 1.80. The van der Waals surface area contributed by atoms with Crippen LogP contribution in [0.4, 0.5) is 0 Å². The number of thioether (sulfide) groups is 1. The zero-order valence-corrected chi connectivity index (χ0v) is 5.32. The molecule has 0 nitrogen and oxygen atoms in total. The van der Waals surface area contributed by atoms with Crippen molar-refractivity contribution < 1.29 is 1.37 Å². The van der Waals surface area contributed by atoms with Crippen LogP contribution in [0.5, 0.6) is 0 Å². The van der Waals surface area contributed by atoms with Crippen molar-refractivity contribution in [2.45, 2.75) is 4.90 Å². The Balaban J connectivity index is 2.61. The summed E-state index contributed by atoms with van der Waals surface area (Å²) in [6.45, 7) is 0. The normalized spacial score (nSPS) is 10.8. The van der Waals surface area contributed by atoms with E-state index in [0.717, 1.165) is 0 Å². The molecule has 0 saturated carbocycles. The Hall–Kier alpha value is -0.430. The van der Waals surface area contributed by atoms with Gasteiger partial charge in [0.2, 0.25) is 0 Å². The summed E-state index contributed by atoms with van der Waals surface area (Å²) in [7, 11) is 0. The van der Waals surface area contributed by atoms with Crippen molar-refractivity contribution in [1.82, 2.24) is 0 Å². The molecular formula is C7H8S. The molecule has 0 atom stereocenters. The largest absolute Gasteiger partial charge is 0.130 e. The summed E-state index contributed by atoms with van der Waals surface area (Å²) in [6.07, 6.45) is 0.407. The smallest absolute Gasteiger partial charge is 0.0348 e. The molecule has 1 heteroatoms. The van der Waals surface area contributed by atoms with Crippen molar-refractivity contribution in [3.05, 3.63) is 30.3 Å². The summed E-state index contributed by atoms with van der Waals surface area (Å²) in [4.78, 5) is 1.17. The Kier molecular flexibility index (Phi) is 1.54. The second kappa shape index (κ2) is 2.78. The lowest BCUT2D eigenvalue weighted by Gasteiger charge is -1.89. The predicted molar refractivity (Wildman–Crippen MR) is 38.2 cm³/mol. The van der Waals surface area contributed by atoms with Crippen LogP contribution in [0.3, 0.4) is 0 Å². The molecule has 1 rings (SSSR count). The van der Waals surface area contributed by atoms with E-state index < -0.39 is 0 Å². The molecule has 0 fully saturated rings. The predicted octanol–water partition coefficient (Wildman–Crippen LogP) is 2.41.